The van der Waals surface area contributed by atoms with E-state index in [0.29, 0.717) is 4.64 Å². The number of hydrogen-bond donors (Lipinski definition) is 2. The third-order valence-corrected chi connectivity index (χ3v) is 3.01. The van der Waals surface area contributed by atoms with Gasteiger partial charge < -0.3 is 10.3 Å². The SMILES string of the molecule is CCc1nc(=S)cc(NC(C)c2ccccc2)[nH]1. The Bertz CT molecular complexity index is 563. The van der Waals surface area contributed by atoms with Gasteiger partial charge in [0.15, 0.2) is 0 Å². The maximum atomic E-state index is 5.15. The Morgan fingerprint density at radius 1 is 1.33 bits per heavy atom. The van der Waals surface area contributed by atoms with Crippen LogP contribution in [-0.4, -0.2) is 9.97 Å². The molecule has 1 unspecified atom stereocenters. The van der Waals surface area contributed by atoms with Crippen molar-refractivity contribution in [3.63, 3.8) is 0 Å². The number of rotatable bonds is 4. The van der Waals surface area contributed by atoms with E-state index in [1.807, 2.05) is 24.3 Å². The Morgan fingerprint density at radius 2 is 2.06 bits per heavy atom. The maximum Gasteiger partial charge on any atom is 0.131 e. The van der Waals surface area contributed by atoms with Crippen LogP contribution in [0.25, 0.3) is 0 Å². The number of hydrogen-bond acceptors (Lipinski definition) is 3. The monoisotopic (exact) mass is 259 g/mol. The van der Waals surface area contributed by atoms with Crippen LogP contribution < -0.4 is 5.32 Å². The highest BCUT2D eigenvalue weighted by molar-refractivity contribution is 7.71. The van der Waals surface area contributed by atoms with Gasteiger partial charge in [0.2, 0.25) is 0 Å². The summed E-state index contributed by atoms with van der Waals surface area (Å²) in [6.07, 6.45) is 0.846. The van der Waals surface area contributed by atoms with E-state index in [1.165, 1.54) is 5.56 Å². The lowest BCUT2D eigenvalue weighted by Crippen LogP contribution is -2.09. The van der Waals surface area contributed by atoms with Crippen LogP contribution in [0.1, 0.15) is 31.3 Å². The Morgan fingerprint density at radius 3 is 2.72 bits per heavy atom. The van der Waals surface area contributed by atoms with E-state index in [4.69, 9.17) is 12.2 Å². The summed E-state index contributed by atoms with van der Waals surface area (Å²) in [5, 5.41) is 3.41. The van der Waals surface area contributed by atoms with Crippen LogP contribution in [0.15, 0.2) is 36.4 Å². The highest BCUT2D eigenvalue weighted by Crippen LogP contribution is 2.17. The fraction of sp³-hybridized carbons (Fsp3) is 0.286. The minimum atomic E-state index is 0.226. The largest absolute Gasteiger partial charge is 0.365 e. The fourth-order valence-corrected chi connectivity index (χ4v) is 2.04. The number of nitrogens with zero attached hydrogens (tertiary/aromatic N) is 1. The third kappa shape index (κ3) is 3.17. The molecule has 0 spiro atoms. The molecule has 0 radical (unpaired) electrons. The van der Waals surface area contributed by atoms with E-state index in [2.05, 4.69) is 41.3 Å². The normalized spacial score (nSPS) is 12.1. The van der Waals surface area contributed by atoms with E-state index >= 15 is 0 Å². The summed E-state index contributed by atoms with van der Waals surface area (Å²) in [5.41, 5.74) is 1.24. The molecule has 94 valence electrons. The van der Waals surface area contributed by atoms with Gasteiger partial charge in [0.25, 0.3) is 0 Å². The van der Waals surface area contributed by atoms with Gasteiger partial charge in [0.05, 0.1) is 0 Å². The zero-order chi connectivity index (χ0) is 13.0. The average molecular weight is 259 g/mol. The molecule has 0 amide bonds. The number of aromatic nitrogens is 2. The van der Waals surface area contributed by atoms with E-state index in [1.54, 1.807) is 0 Å². The van der Waals surface area contributed by atoms with Crippen LogP contribution >= 0.6 is 12.2 Å². The molecule has 4 heteroatoms. The Kier molecular flexibility index (Phi) is 4.10. The molecule has 2 rings (SSSR count). The van der Waals surface area contributed by atoms with Gasteiger partial charge in [0, 0.05) is 18.5 Å². The summed E-state index contributed by atoms with van der Waals surface area (Å²) in [5.74, 6) is 1.83. The number of nitrogens with one attached hydrogen (secondary N) is 2. The zero-order valence-corrected chi connectivity index (χ0v) is 11.4. The molecular weight excluding hydrogens is 242 g/mol. The van der Waals surface area contributed by atoms with E-state index in [0.717, 1.165) is 18.1 Å². The molecule has 2 N–H and O–H groups in total. The van der Waals surface area contributed by atoms with Gasteiger partial charge in [-0.3, -0.25) is 0 Å². The molecule has 0 bridgehead atoms. The van der Waals surface area contributed by atoms with Crippen LogP contribution in [0.4, 0.5) is 5.82 Å². The van der Waals surface area contributed by atoms with Crippen molar-refractivity contribution in [2.75, 3.05) is 5.32 Å². The summed E-state index contributed by atoms with van der Waals surface area (Å²) in [7, 11) is 0. The van der Waals surface area contributed by atoms with Crippen molar-refractivity contribution in [3.8, 4) is 0 Å². The number of aryl methyl sites for hydroxylation is 1. The number of benzene rings is 1. The second-order valence-corrected chi connectivity index (χ2v) is 4.63. The van der Waals surface area contributed by atoms with Crippen LogP contribution in [-0.2, 0) is 6.42 Å². The topological polar surface area (TPSA) is 40.7 Å². The molecule has 1 atom stereocenters. The summed E-state index contributed by atoms with van der Waals surface area (Å²) < 4.78 is 0.619. The molecule has 1 aromatic carbocycles. The molecule has 3 nitrogen and oxygen atoms in total. The summed E-state index contributed by atoms with van der Waals surface area (Å²) in [4.78, 5) is 7.50. The molecular formula is C14H17N3S. The van der Waals surface area contributed by atoms with Gasteiger partial charge in [-0.2, -0.15) is 0 Å². The van der Waals surface area contributed by atoms with Crippen molar-refractivity contribution < 1.29 is 0 Å². The van der Waals surface area contributed by atoms with Gasteiger partial charge in [-0.05, 0) is 12.5 Å². The molecule has 1 heterocycles. The molecule has 1 aromatic heterocycles. The van der Waals surface area contributed by atoms with E-state index in [-0.39, 0.29) is 6.04 Å². The molecule has 2 aromatic rings. The average Bonchev–Trinajstić information content (AvgIpc) is 2.39. The summed E-state index contributed by atoms with van der Waals surface area (Å²) >= 11 is 5.15. The van der Waals surface area contributed by atoms with Crippen LogP contribution in [0.5, 0.6) is 0 Å². The van der Waals surface area contributed by atoms with Gasteiger partial charge in [-0.1, -0.05) is 49.5 Å². The van der Waals surface area contributed by atoms with Crippen LogP contribution in [0.3, 0.4) is 0 Å². The first-order chi connectivity index (χ1) is 8.69. The van der Waals surface area contributed by atoms with Crippen molar-refractivity contribution in [2.24, 2.45) is 0 Å². The van der Waals surface area contributed by atoms with Crippen molar-refractivity contribution >= 4 is 18.0 Å². The number of H-pyrrole nitrogens is 1. The van der Waals surface area contributed by atoms with Crippen molar-refractivity contribution in [3.05, 3.63) is 52.4 Å². The van der Waals surface area contributed by atoms with Crippen molar-refractivity contribution in [1.29, 1.82) is 0 Å². The molecule has 0 aliphatic heterocycles. The van der Waals surface area contributed by atoms with Crippen molar-refractivity contribution in [2.45, 2.75) is 26.3 Å². The lowest BCUT2D eigenvalue weighted by Gasteiger charge is -2.16. The lowest BCUT2D eigenvalue weighted by molar-refractivity contribution is 0.855. The smallest absolute Gasteiger partial charge is 0.131 e. The van der Waals surface area contributed by atoms with Gasteiger partial charge in [0.1, 0.15) is 16.3 Å². The van der Waals surface area contributed by atoms with E-state index in [9.17, 15) is 0 Å². The van der Waals surface area contributed by atoms with E-state index < -0.39 is 0 Å². The first-order valence-corrected chi connectivity index (χ1v) is 6.51. The molecule has 0 aliphatic carbocycles. The Hall–Kier alpha value is -1.68. The maximum absolute atomic E-state index is 5.15. The first-order valence-electron chi connectivity index (χ1n) is 6.10. The fourth-order valence-electron chi connectivity index (χ4n) is 1.81. The predicted octanol–water partition coefficient (Wildman–Crippen LogP) is 3.87. The predicted molar refractivity (Wildman–Crippen MR) is 77.3 cm³/mol. The quantitative estimate of drug-likeness (QED) is 0.819. The van der Waals surface area contributed by atoms with Gasteiger partial charge >= 0.3 is 0 Å². The molecule has 18 heavy (non-hydrogen) atoms. The molecule has 0 saturated heterocycles. The minimum Gasteiger partial charge on any atom is -0.365 e. The zero-order valence-electron chi connectivity index (χ0n) is 10.6. The molecule has 0 fully saturated rings. The summed E-state index contributed by atoms with van der Waals surface area (Å²) in [6.45, 7) is 4.18. The van der Waals surface area contributed by atoms with Crippen molar-refractivity contribution in [1.82, 2.24) is 9.97 Å². The highest BCUT2D eigenvalue weighted by atomic mass is 32.1. The van der Waals surface area contributed by atoms with Gasteiger partial charge in [-0.25, -0.2) is 4.98 Å². The summed E-state index contributed by atoms with van der Waals surface area (Å²) in [6, 6.07) is 12.4. The standard InChI is InChI=1S/C14H17N3S/c1-3-12-16-13(9-14(18)17-12)15-10(2)11-7-5-4-6-8-11/h4-10H,3H2,1-2H3,(H2,15,16,17,18). The number of anilines is 1. The van der Waals surface area contributed by atoms with Crippen LogP contribution in [0.2, 0.25) is 0 Å². The minimum absolute atomic E-state index is 0.226. The highest BCUT2D eigenvalue weighted by Gasteiger charge is 2.05. The second kappa shape index (κ2) is 5.78. The second-order valence-electron chi connectivity index (χ2n) is 4.21. The molecule has 0 aliphatic rings. The van der Waals surface area contributed by atoms with Gasteiger partial charge in [-0.15, -0.1) is 0 Å². The Balaban J connectivity index is 2.19. The Labute approximate surface area is 112 Å². The lowest BCUT2D eigenvalue weighted by atomic mass is 10.1. The third-order valence-electron chi connectivity index (χ3n) is 2.80. The van der Waals surface area contributed by atoms with Crippen LogP contribution in [0, 0.1) is 4.64 Å². The first kappa shape index (κ1) is 12.8. The number of aromatic amines is 1. The molecule has 0 saturated carbocycles.